The van der Waals surface area contributed by atoms with Crippen LogP contribution in [0.15, 0.2) is 22.7 Å². The number of hydrogen-bond donors (Lipinski definition) is 2. The number of carbonyl (C=O) groups is 1. The molecular weight excluding hydrogens is 334 g/mol. The summed E-state index contributed by atoms with van der Waals surface area (Å²) in [7, 11) is -2.90. The molecule has 1 aliphatic rings. The third-order valence-corrected chi connectivity index (χ3v) is 5.63. The Kier molecular flexibility index (Phi) is 4.15. The molecule has 7 heteroatoms. The van der Waals surface area contributed by atoms with Crippen molar-refractivity contribution in [3.63, 3.8) is 0 Å². The molecule has 104 valence electrons. The molecule has 1 saturated heterocycles. The van der Waals surface area contributed by atoms with Gasteiger partial charge in [-0.05, 0) is 40.4 Å². The van der Waals surface area contributed by atoms with Crippen molar-refractivity contribution in [3.8, 4) is 0 Å². The number of hydrogen-bond acceptors (Lipinski definition) is 4. The van der Waals surface area contributed by atoms with Crippen molar-refractivity contribution >= 4 is 37.4 Å². The third kappa shape index (κ3) is 3.48. The maximum atomic E-state index is 11.4. The van der Waals surface area contributed by atoms with Crippen molar-refractivity contribution in [1.82, 2.24) is 0 Å². The summed E-state index contributed by atoms with van der Waals surface area (Å²) in [6.45, 7) is 0.468. The van der Waals surface area contributed by atoms with E-state index in [1.807, 2.05) is 0 Å². The summed E-state index contributed by atoms with van der Waals surface area (Å²) in [5.74, 6) is -0.570. The molecule has 0 aliphatic carbocycles. The van der Waals surface area contributed by atoms with Crippen LogP contribution in [-0.4, -0.2) is 37.5 Å². The molecule has 19 heavy (non-hydrogen) atoms. The van der Waals surface area contributed by atoms with E-state index in [9.17, 15) is 13.2 Å². The summed E-state index contributed by atoms with van der Waals surface area (Å²) in [5, 5.41) is 12.2. The lowest BCUT2D eigenvalue weighted by atomic mass is 10.1. The quantitative estimate of drug-likeness (QED) is 0.870. The van der Waals surface area contributed by atoms with E-state index < -0.39 is 15.8 Å². The number of carboxylic acids is 1. The van der Waals surface area contributed by atoms with Crippen molar-refractivity contribution in [2.75, 3.05) is 23.4 Å². The lowest BCUT2D eigenvalue weighted by Crippen LogP contribution is -2.17. The number of sulfone groups is 1. The van der Waals surface area contributed by atoms with Gasteiger partial charge in [-0.1, -0.05) is 6.07 Å². The lowest BCUT2D eigenvalue weighted by molar-refractivity contribution is 0.0697. The topological polar surface area (TPSA) is 83.5 Å². The number of rotatable bonds is 4. The van der Waals surface area contributed by atoms with E-state index in [4.69, 9.17) is 5.11 Å². The summed E-state index contributed by atoms with van der Waals surface area (Å²) in [4.78, 5) is 11.2. The molecule has 0 aromatic heterocycles. The van der Waals surface area contributed by atoms with Crippen LogP contribution in [0.5, 0.6) is 0 Å². The van der Waals surface area contributed by atoms with Crippen LogP contribution >= 0.6 is 15.9 Å². The number of carboxylic acid groups (broad SMARTS) is 1. The van der Waals surface area contributed by atoms with Crippen LogP contribution in [0.4, 0.5) is 5.69 Å². The monoisotopic (exact) mass is 347 g/mol. The average molecular weight is 348 g/mol. The molecule has 0 amide bonds. The fraction of sp³-hybridized carbons (Fsp3) is 0.417. The van der Waals surface area contributed by atoms with E-state index in [0.717, 1.165) is 0 Å². The molecule has 1 aromatic carbocycles. The van der Waals surface area contributed by atoms with Crippen molar-refractivity contribution in [2.45, 2.75) is 6.42 Å². The molecule has 0 saturated carbocycles. The van der Waals surface area contributed by atoms with E-state index in [1.54, 1.807) is 18.2 Å². The second-order valence-corrected chi connectivity index (χ2v) is 7.70. The molecule has 1 fully saturated rings. The van der Waals surface area contributed by atoms with Gasteiger partial charge in [0.2, 0.25) is 0 Å². The number of benzene rings is 1. The highest BCUT2D eigenvalue weighted by atomic mass is 79.9. The minimum atomic E-state index is -2.90. The molecule has 1 heterocycles. The summed E-state index contributed by atoms with van der Waals surface area (Å²) in [6.07, 6.45) is 0.631. The molecule has 0 radical (unpaired) electrons. The number of halogens is 1. The Morgan fingerprint density at radius 2 is 2.21 bits per heavy atom. The second-order valence-electron chi connectivity index (χ2n) is 4.62. The van der Waals surface area contributed by atoms with Gasteiger partial charge in [-0.25, -0.2) is 13.2 Å². The first-order chi connectivity index (χ1) is 8.89. The Hall–Kier alpha value is -1.08. The molecule has 0 spiro atoms. The van der Waals surface area contributed by atoms with E-state index in [0.29, 0.717) is 23.1 Å². The van der Waals surface area contributed by atoms with Crippen LogP contribution in [-0.2, 0) is 9.84 Å². The van der Waals surface area contributed by atoms with Gasteiger partial charge >= 0.3 is 5.97 Å². The summed E-state index contributed by atoms with van der Waals surface area (Å²) >= 11 is 3.20. The van der Waals surface area contributed by atoms with Gasteiger partial charge in [0, 0.05) is 16.7 Å². The summed E-state index contributed by atoms with van der Waals surface area (Å²) < 4.78 is 23.2. The van der Waals surface area contributed by atoms with Crippen LogP contribution in [0.2, 0.25) is 0 Å². The molecular formula is C12H14BrNO4S. The Morgan fingerprint density at radius 1 is 1.47 bits per heavy atom. The normalized spacial score (nSPS) is 21.2. The van der Waals surface area contributed by atoms with Crippen molar-refractivity contribution in [3.05, 3.63) is 28.2 Å². The van der Waals surface area contributed by atoms with Gasteiger partial charge in [0.1, 0.15) is 0 Å². The highest BCUT2D eigenvalue weighted by Crippen LogP contribution is 2.26. The Labute approximate surface area is 120 Å². The van der Waals surface area contributed by atoms with E-state index in [1.165, 1.54) is 0 Å². The second kappa shape index (κ2) is 5.50. The van der Waals surface area contributed by atoms with Crippen LogP contribution in [0, 0.1) is 5.92 Å². The first-order valence-electron chi connectivity index (χ1n) is 5.85. The van der Waals surface area contributed by atoms with Crippen LogP contribution in [0.25, 0.3) is 0 Å². The molecule has 1 unspecified atom stereocenters. The standard InChI is InChI=1S/C12H14BrNO4S/c13-9-2-1-3-10(11(9)12(15)16)14-6-8-4-5-19(17,18)7-8/h1-3,8,14H,4-7H2,(H,15,16). The summed E-state index contributed by atoms with van der Waals surface area (Å²) in [5.41, 5.74) is 0.675. The molecule has 1 aromatic rings. The largest absolute Gasteiger partial charge is 0.478 e. The smallest absolute Gasteiger partial charge is 0.338 e. The molecule has 0 bridgehead atoms. The lowest BCUT2D eigenvalue weighted by Gasteiger charge is -2.13. The van der Waals surface area contributed by atoms with Gasteiger partial charge < -0.3 is 10.4 Å². The van der Waals surface area contributed by atoms with E-state index >= 15 is 0 Å². The Bertz CT molecular complexity index is 600. The minimum absolute atomic E-state index is 0.0469. The highest BCUT2D eigenvalue weighted by Gasteiger charge is 2.27. The molecule has 5 nitrogen and oxygen atoms in total. The van der Waals surface area contributed by atoms with Gasteiger partial charge in [-0.15, -0.1) is 0 Å². The predicted molar refractivity (Wildman–Crippen MR) is 76.4 cm³/mol. The zero-order chi connectivity index (χ0) is 14.0. The van der Waals surface area contributed by atoms with Gasteiger partial charge in [0.15, 0.2) is 9.84 Å². The highest BCUT2D eigenvalue weighted by molar-refractivity contribution is 9.10. The first-order valence-corrected chi connectivity index (χ1v) is 8.46. The number of nitrogens with one attached hydrogen (secondary N) is 1. The maximum absolute atomic E-state index is 11.4. The van der Waals surface area contributed by atoms with Crippen LogP contribution in [0.1, 0.15) is 16.8 Å². The van der Waals surface area contributed by atoms with Gasteiger partial charge in [-0.3, -0.25) is 0 Å². The molecule has 1 atom stereocenters. The zero-order valence-electron chi connectivity index (χ0n) is 10.1. The number of aromatic carboxylic acids is 1. The predicted octanol–water partition coefficient (Wildman–Crippen LogP) is 1.99. The fourth-order valence-corrected chi connectivity index (χ4v) is 4.57. The van der Waals surface area contributed by atoms with Crippen LogP contribution < -0.4 is 5.32 Å². The van der Waals surface area contributed by atoms with Gasteiger partial charge in [0.25, 0.3) is 0 Å². The van der Waals surface area contributed by atoms with Crippen molar-refractivity contribution in [2.24, 2.45) is 5.92 Å². The minimum Gasteiger partial charge on any atom is -0.478 e. The summed E-state index contributed by atoms with van der Waals surface area (Å²) in [6, 6.07) is 5.08. The van der Waals surface area contributed by atoms with Crippen molar-refractivity contribution < 1.29 is 18.3 Å². The van der Waals surface area contributed by atoms with E-state index in [2.05, 4.69) is 21.2 Å². The maximum Gasteiger partial charge on any atom is 0.338 e. The molecule has 2 N–H and O–H groups in total. The average Bonchev–Trinajstić information content (AvgIpc) is 2.66. The fourth-order valence-electron chi connectivity index (χ4n) is 2.18. The zero-order valence-corrected chi connectivity index (χ0v) is 12.5. The van der Waals surface area contributed by atoms with E-state index in [-0.39, 0.29) is 23.0 Å². The first kappa shape index (κ1) is 14.3. The van der Waals surface area contributed by atoms with Gasteiger partial charge in [-0.2, -0.15) is 0 Å². The Balaban J connectivity index is 2.08. The Morgan fingerprint density at radius 3 is 2.79 bits per heavy atom. The number of anilines is 1. The van der Waals surface area contributed by atoms with Gasteiger partial charge in [0.05, 0.1) is 17.1 Å². The van der Waals surface area contributed by atoms with Crippen LogP contribution in [0.3, 0.4) is 0 Å². The van der Waals surface area contributed by atoms with Crippen molar-refractivity contribution in [1.29, 1.82) is 0 Å². The third-order valence-electron chi connectivity index (χ3n) is 3.14. The molecule has 2 rings (SSSR count). The SMILES string of the molecule is O=C(O)c1c(Br)cccc1NCC1CCS(=O)(=O)C1. The molecule has 1 aliphatic heterocycles.